The van der Waals surface area contributed by atoms with E-state index >= 15 is 0 Å². The molecule has 0 fully saturated rings. The zero-order valence-electron chi connectivity index (χ0n) is 12.4. The van der Waals surface area contributed by atoms with Crippen LogP contribution in [0.25, 0.3) is 0 Å². The molecule has 0 saturated heterocycles. The zero-order valence-corrected chi connectivity index (χ0v) is 14.7. The van der Waals surface area contributed by atoms with Gasteiger partial charge in [0.05, 0.1) is 11.6 Å². The van der Waals surface area contributed by atoms with Crippen molar-refractivity contribution in [1.29, 1.82) is 0 Å². The lowest BCUT2D eigenvalue weighted by molar-refractivity contribution is 0.411. The second-order valence-corrected chi connectivity index (χ2v) is 6.29. The Morgan fingerprint density at radius 3 is 2.43 bits per heavy atom. The van der Waals surface area contributed by atoms with Crippen molar-refractivity contribution in [2.45, 2.75) is 25.9 Å². The molecule has 0 saturated carbocycles. The van der Waals surface area contributed by atoms with Gasteiger partial charge in [-0.15, -0.1) is 0 Å². The molecule has 2 atom stereocenters. The molecule has 2 nitrogen and oxygen atoms in total. The van der Waals surface area contributed by atoms with Gasteiger partial charge in [-0.2, -0.15) is 0 Å². The summed E-state index contributed by atoms with van der Waals surface area (Å²) in [5, 5.41) is 4.36. The van der Waals surface area contributed by atoms with Crippen molar-refractivity contribution >= 4 is 27.5 Å². The van der Waals surface area contributed by atoms with Crippen LogP contribution >= 0.6 is 27.5 Å². The molecular formula is C17H19BrClNO. The van der Waals surface area contributed by atoms with Gasteiger partial charge in [-0.25, -0.2) is 0 Å². The lowest BCUT2D eigenvalue weighted by Gasteiger charge is -2.22. The average Bonchev–Trinajstić information content (AvgIpc) is 2.47. The quantitative estimate of drug-likeness (QED) is 0.750. The summed E-state index contributed by atoms with van der Waals surface area (Å²) in [5.41, 5.74) is 2.31. The fourth-order valence-corrected chi connectivity index (χ4v) is 3.20. The van der Waals surface area contributed by atoms with Crippen molar-refractivity contribution in [3.8, 4) is 5.75 Å². The monoisotopic (exact) mass is 367 g/mol. The number of ether oxygens (including phenoxy) is 1. The Hall–Kier alpha value is -1.03. The van der Waals surface area contributed by atoms with Crippen LogP contribution in [0.15, 0.2) is 46.9 Å². The molecule has 0 heterocycles. The van der Waals surface area contributed by atoms with E-state index in [9.17, 15) is 0 Å². The molecule has 0 spiro atoms. The fourth-order valence-electron chi connectivity index (χ4n) is 2.34. The van der Waals surface area contributed by atoms with E-state index in [0.717, 1.165) is 20.8 Å². The number of hydrogen-bond donors (Lipinski definition) is 1. The molecule has 0 aromatic heterocycles. The van der Waals surface area contributed by atoms with Crippen LogP contribution in [0.1, 0.15) is 37.1 Å². The van der Waals surface area contributed by atoms with Gasteiger partial charge in [-0.3, -0.25) is 0 Å². The lowest BCUT2D eigenvalue weighted by Crippen LogP contribution is -2.22. The number of nitrogens with one attached hydrogen (secondary N) is 1. The first-order valence-electron chi connectivity index (χ1n) is 6.87. The Morgan fingerprint density at radius 1 is 1.10 bits per heavy atom. The first-order chi connectivity index (χ1) is 10.0. The molecule has 0 aliphatic heterocycles. The smallest absolute Gasteiger partial charge is 0.133 e. The highest BCUT2D eigenvalue weighted by molar-refractivity contribution is 9.10. The molecule has 4 heteroatoms. The van der Waals surface area contributed by atoms with Crippen molar-refractivity contribution in [2.75, 3.05) is 7.11 Å². The van der Waals surface area contributed by atoms with Gasteiger partial charge in [-0.05, 0) is 59.1 Å². The second kappa shape index (κ2) is 7.30. The molecule has 2 unspecified atom stereocenters. The van der Waals surface area contributed by atoms with Crippen LogP contribution in [-0.2, 0) is 0 Å². The van der Waals surface area contributed by atoms with Crippen LogP contribution < -0.4 is 10.1 Å². The SMILES string of the molecule is COc1ccc(C(C)NC(C)c2ccccc2Cl)cc1Br. The number of methoxy groups -OCH3 is 1. The molecule has 2 aromatic rings. The third kappa shape index (κ3) is 4.00. The average molecular weight is 369 g/mol. The molecular weight excluding hydrogens is 350 g/mol. The first-order valence-corrected chi connectivity index (χ1v) is 8.04. The summed E-state index contributed by atoms with van der Waals surface area (Å²) >= 11 is 9.77. The summed E-state index contributed by atoms with van der Waals surface area (Å²) in [7, 11) is 1.67. The standard InChI is InChI=1S/C17H19BrClNO/c1-11(13-8-9-17(21-3)15(18)10-13)20-12(2)14-6-4-5-7-16(14)19/h4-12,20H,1-3H3. The largest absolute Gasteiger partial charge is 0.496 e. The number of hydrogen-bond acceptors (Lipinski definition) is 2. The van der Waals surface area contributed by atoms with Crippen molar-refractivity contribution in [2.24, 2.45) is 0 Å². The van der Waals surface area contributed by atoms with E-state index in [-0.39, 0.29) is 12.1 Å². The van der Waals surface area contributed by atoms with E-state index in [0.29, 0.717) is 0 Å². The van der Waals surface area contributed by atoms with Crippen LogP contribution in [-0.4, -0.2) is 7.11 Å². The molecule has 112 valence electrons. The summed E-state index contributed by atoms with van der Waals surface area (Å²) in [6, 6.07) is 14.4. The Kier molecular flexibility index (Phi) is 5.68. The van der Waals surface area contributed by atoms with Gasteiger partial charge in [0.15, 0.2) is 0 Å². The van der Waals surface area contributed by atoms with Crippen molar-refractivity contribution in [1.82, 2.24) is 5.32 Å². The predicted molar refractivity (Wildman–Crippen MR) is 92.1 cm³/mol. The fraction of sp³-hybridized carbons (Fsp3) is 0.294. The van der Waals surface area contributed by atoms with Gasteiger partial charge in [0.25, 0.3) is 0 Å². The minimum absolute atomic E-state index is 0.176. The third-order valence-corrected chi connectivity index (χ3v) is 4.51. The molecule has 2 rings (SSSR count). The minimum Gasteiger partial charge on any atom is -0.496 e. The Labute approximate surface area is 139 Å². The maximum atomic E-state index is 6.25. The number of benzene rings is 2. The molecule has 0 radical (unpaired) electrons. The highest BCUT2D eigenvalue weighted by Gasteiger charge is 2.14. The summed E-state index contributed by atoms with van der Waals surface area (Å²) in [4.78, 5) is 0. The molecule has 0 aliphatic carbocycles. The van der Waals surface area contributed by atoms with Gasteiger partial charge in [0.2, 0.25) is 0 Å². The molecule has 1 N–H and O–H groups in total. The van der Waals surface area contributed by atoms with E-state index in [1.165, 1.54) is 5.56 Å². The van der Waals surface area contributed by atoms with Crippen LogP contribution in [0.2, 0.25) is 5.02 Å². The van der Waals surface area contributed by atoms with Crippen LogP contribution in [0.4, 0.5) is 0 Å². The maximum absolute atomic E-state index is 6.25. The van der Waals surface area contributed by atoms with Crippen molar-refractivity contribution in [3.63, 3.8) is 0 Å². The first kappa shape index (κ1) is 16.3. The normalized spacial score (nSPS) is 13.8. The molecule has 0 aliphatic rings. The topological polar surface area (TPSA) is 21.3 Å². The highest BCUT2D eigenvalue weighted by Crippen LogP contribution is 2.30. The van der Waals surface area contributed by atoms with Crippen LogP contribution in [0.5, 0.6) is 5.75 Å². The van der Waals surface area contributed by atoms with Gasteiger partial charge < -0.3 is 10.1 Å². The van der Waals surface area contributed by atoms with Crippen LogP contribution in [0, 0.1) is 0 Å². The van der Waals surface area contributed by atoms with E-state index in [4.69, 9.17) is 16.3 Å². The van der Waals surface area contributed by atoms with E-state index in [1.807, 2.05) is 24.3 Å². The van der Waals surface area contributed by atoms with Gasteiger partial charge in [-0.1, -0.05) is 35.9 Å². The predicted octanol–water partition coefficient (Wildman–Crippen LogP) is 5.52. The minimum atomic E-state index is 0.176. The van der Waals surface area contributed by atoms with Gasteiger partial charge in [0, 0.05) is 17.1 Å². The lowest BCUT2D eigenvalue weighted by atomic mass is 10.0. The Bertz CT molecular complexity index is 617. The highest BCUT2D eigenvalue weighted by atomic mass is 79.9. The van der Waals surface area contributed by atoms with E-state index < -0.39 is 0 Å². The third-order valence-electron chi connectivity index (χ3n) is 3.55. The zero-order chi connectivity index (χ0) is 15.4. The molecule has 0 bridgehead atoms. The summed E-state index contributed by atoms with van der Waals surface area (Å²) in [6.45, 7) is 4.26. The molecule has 21 heavy (non-hydrogen) atoms. The molecule has 2 aromatic carbocycles. The second-order valence-electron chi connectivity index (χ2n) is 5.03. The number of halogens is 2. The van der Waals surface area contributed by atoms with E-state index in [2.05, 4.69) is 53.3 Å². The molecule has 0 amide bonds. The Balaban J connectivity index is 2.12. The van der Waals surface area contributed by atoms with Crippen molar-refractivity contribution < 1.29 is 4.74 Å². The summed E-state index contributed by atoms with van der Waals surface area (Å²) in [5.74, 6) is 0.838. The van der Waals surface area contributed by atoms with E-state index in [1.54, 1.807) is 7.11 Å². The summed E-state index contributed by atoms with van der Waals surface area (Å²) in [6.07, 6.45) is 0. The van der Waals surface area contributed by atoms with Gasteiger partial charge >= 0.3 is 0 Å². The Morgan fingerprint density at radius 2 is 1.81 bits per heavy atom. The van der Waals surface area contributed by atoms with Gasteiger partial charge in [0.1, 0.15) is 5.75 Å². The summed E-state index contributed by atoms with van der Waals surface area (Å²) < 4.78 is 6.22. The number of rotatable bonds is 5. The van der Waals surface area contributed by atoms with Crippen LogP contribution in [0.3, 0.4) is 0 Å². The van der Waals surface area contributed by atoms with Crippen molar-refractivity contribution in [3.05, 3.63) is 63.1 Å². The maximum Gasteiger partial charge on any atom is 0.133 e.